The zero-order chi connectivity index (χ0) is 12.3. The van der Waals surface area contributed by atoms with E-state index in [1.54, 1.807) is 6.92 Å². The van der Waals surface area contributed by atoms with E-state index in [4.69, 9.17) is 16.2 Å². The Kier molecular flexibility index (Phi) is 4.40. The first-order chi connectivity index (χ1) is 7.47. The molecule has 1 rings (SSSR count). The maximum absolute atomic E-state index is 13.1. The minimum Gasteiger partial charge on any atom is -0.462 e. The first-order valence-corrected chi connectivity index (χ1v) is 5.72. The third kappa shape index (κ3) is 2.78. The molecule has 0 saturated heterocycles. The minimum atomic E-state index is -2.52. The number of carbonyl (C=O) groups excluding carboxylic acids is 1. The lowest BCUT2D eigenvalue weighted by atomic mass is 10.2. The largest absolute Gasteiger partial charge is 0.462 e. The van der Waals surface area contributed by atoms with Gasteiger partial charge in [-0.15, -0.1) is 0 Å². The van der Waals surface area contributed by atoms with Crippen molar-refractivity contribution >= 4 is 28.7 Å². The first-order valence-electron chi connectivity index (χ1n) is 4.24. The molecule has 0 aliphatic carbocycles. The molecule has 0 radical (unpaired) electrons. The minimum absolute atomic E-state index is 0.129. The molecule has 0 heterocycles. The molecule has 0 aromatic heterocycles. The highest BCUT2D eigenvalue weighted by molar-refractivity contribution is 7.79. The van der Waals surface area contributed by atoms with Crippen LogP contribution in [0.1, 0.15) is 17.3 Å². The van der Waals surface area contributed by atoms with Gasteiger partial charge in [0.2, 0.25) is 0 Å². The van der Waals surface area contributed by atoms with Crippen LogP contribution in [-0.4, -0.2) is 21.3 Å². The number of carbonyl (C=O) groups is 1. The van der Waals surface area contributed by atoms with Crippen molar-refractivity contribution in [3.63, 3.8) is 0 Å². The van der Waals surface area contributed by atoms with Gasteiger partial charge in [0.25, 0.3) is 0 Å². The second kappa shape index (κ2) is 5.38. The van der Waals surface area contributed by atoms with Crippen molar-refractivity contribution in [3.05, 3.63) is 28.5 Å². The van der Waals surface area contributed by atoms with Crippen molar-refractivity contribution in [3.8, 4) is 0 Å². The second-order valence-corrected chi connectivity index (χ2v) is 4.08. The Morgan fingerprint density at radius 1 is 1.62 bits per heavy atom. The van der Waals surface area contributed by atoms with Gasteiger partial charge in [-0.25, -0.2) is 13.4 Å². The highest BCUT2D eigenvalue weighted by Gasteiger charge is 2.18. The predicted octanol–water partition coefficient (Wildman–Crippen LogP) is 2.24. The van der Waals surface area contributed by atoms with Crippen LogP contribution in [0.25, 0.3) is 0 Å². The van der Waals surface area contributed by atoms with Crippen LogP contribution in [-0.2, 0) is 15.8 Å². The van der Waals surface area contributed by atoms with Gasteiger partial charge in [-0.2, -0.15) is 0 Å². The average Bonchev–Trinajstić information content (AvgIpc) is 2.17. The molecule has 1 N–H and O–H groups in total. The van der Waals surface area contributed by atoms with Gasteiger partial charge < -0.3 is 9.29 Å². The van der Waals surface area contributed by atoms with Crippen LogP contribution in [0.3, 0.4) is 0 Å². The Hall–Kier alpha value is -0.980. The topological polar surface area (TPSA) is 63.6 Å². The van der Waals surface area contributed by atoms with Gasteiger partial charge in [-0.3, -0.25) is 0 Å². The van der Waals surface area contributed by atoms with E-state index in [1.165, 1.54) is 0 Å². The first kappa shape index (κ1) is 13.1. The van der Waals surface area contributed by atoms with Crippen molar-refractivity contribution in [1.82, 2.24) is 0 Å². The van der Waals surface area contributed by atoms with Crippen molar-refractivity contribution < 1.29 is 22.7 Å². The molecule has 4 nitrogen and oxygen atoms in total. The number of hydrogen-bond acceptors (Lipinski definition) is 3. The summed E-state index contributed by atoms with van der Waals surface area (Å²) in [5, 5.41) is -0.162. The van der Waals surface area contributed by atoms with Crippen molar-refractivity contribution in [2.45, 2.75) is 11.8 Å². The zero-order valence-corrected chi connectivity index (χ0v) is 9.77. The lowest BCUT2D eigenvalue weighted by Crippen LogP contribution is -2.07. The Labute approximate surface area is 98.6 Å². The highest BCUT2D eigenvalue weighted by Crippen LogP contribution is 2.23. The predicted molar refractivity (Wildman–Crippen MR) is 56.4 cm³/mol. The van der Waals surface area contributed by atoms with E-state index in [0.29, 0.717) is 0 Å². The smallest absolute Gasteiger partial charge is 0.339 e. The quantitative estimate of drug-likeness (QED) is 0.673. The van der Waals surface area contributed by atoms with Crippen molar-refractivity contribution in [2.24, 2.45) is 0 Å². The Bertz CT molecular complexity index is 449. The van der Waals surface area contributed by atoms with Crippen LogP contribution in [0.5, 0.6) is 0 Å². The fourth-order valence-electron chi connectivity index (χ4n) is 1.03. The van der Waals surface area contributed by atoms with Crippen LogP contribution >= 0.6 is 11.6 Å². The molecule has 0 aliphatic heterocycles. The molecule has 1 unspecified atom stereocenters. The van der Waals surface area contributed by atoms with E-state index in [-0.39, 0.29) is 17.2 Å². The average molecular weight is 267 g/mol. The summed E-state index contributed by atoms with van der Waals surface area (Å²) in [5.41, 5.74) is -0.137. The Balaban J connectivity index is 3.24. The molecule has 0 fully saturated rings. The van der Waals surface area contributed by atoms with Crippen LogP contribution in [0.15, 0.2) is 17.0 Å². The normalized spacial score (nSPS) is 12.2. The van der Waals surface area contributed by atoms with Crippen molar-refractivity contribution in [2.75, 3.05) is 6.61 Å². The SMILES string of the molecule is CCOC(=O)c1cc(S(=O)O)c(F)cc1Cl. The summed E-state index contributed by atoms with van der Waals surface area (Å²) in [5.74, 6) is -1.71. The molecule has 0 bridgehead atoms. The molecular weight excluding hydrogens is 259 g/mol. The number of rotatable bonds is 3. The molecule has 0 amide bonds. The number of benzene rings is 1. The standard InChI is InChI=1S/C9H8ClFO4S/c1-2-15-9(12)5-3-8(16(13)14)7(11)4-6(5)10/h3-4H,2H2,1H3,(H,13,14). The van der Waals surface area contributed by atoms with Gasteiger partial charge in [0.05, 0.1) is 17.2 Å². The Morgan fingerprint density at radius 2 is 2.25 bits per heavy atom. The molecule has 7 heteroatoms. The molecular formula is C9H8ClFO4S. The third-order valence-electron chi connectivity index (χ3n) is 1.71. The van der Waals surface area contributed by atoms with E-state index >= 15 is 0 Å². The monoisotopic (exact) mass is 266 g/mol. The highest BCUT2D eigenvalue weighted by atomic mass is 35.5. The summed E-state index contributed by atoms with van der Waals surface area (Å²) in [6.07, 6.45) is 0. The molecule has 1 aromatic carbocycles. The van der Waals surface area contributed by atoms with E-state index in [2.05, 4.69) is 4.74 Å². The number of esters is 1. The molecule has 16 heavy (non-hydrogen) atoms. The number of hydrogen-bond donors (Lipinski definition) is 1. The third-order valence-corrected chi connectivity index (χ3v) is 2.71. The van der Waals surface area contributed by atoms with Gasteiger partial charge in [0.1, 0.15) is 10.7 Å². The molecule has 1 atom stereocenters. The van der Waals surface area contributed by atoms with Gasteiger partial charge in [-0.1, -0.05) is 11.6 Å². The number of ether oxygens (including phenoxy) is 1. The van der Waals surface area contributed by atoms with Crippen LogP contribution in [0.4, 0.5) is 4.39 Å². The molecule has 0 saturated carbocycles. The van der Waals surface area contributed by atoms with E-state index in [1.807, 2.05) is 0 Å². The Morgan fingerprint density at radius 3 is 2.75 bits per heavy atom. The van der Waals surface area contributed by atoms with E-state index in [0.717, 1.165) is 12.1 Å². The maximum Gasteiger partial charge on any atom is 0.339 e. The molecule has 0 aliphatic rings. The summed E-state index contributed by atoms with van der Waals surface area (Å²) < 4.78 is 37.3. The van der Waals surface area contributed by atoms with Crippen LogP contribution in [0, 0.1) is 5.82 Å². The maximum atomic E-state index is 13.1. The second-order valence-electron chi connectivity index (χ2n) is 2.73. The summed E-state index contributed by atoms with van der Waals surface area (Å²) in [4.78, 5) is 10.8. The van der Waals surface area contributed by atoms with Gasteiger partial charge in [0.15, 0.2) is 11.1 Å². The van der Waals surface area contributed by atoms with Gasteiger partial charge in [-0.05, 0) is 19.1 Å². The molecule has 0 spiro atoms. The molecule has 1 aromatic rings. The van der Waals surface area contributed by atoms with Crippen LogP contribution in [0.2, 0.25) is 5.02 Å². The number of halogens is 2. The zero-order valence-electron chi connectivity index (χ0n) is 8.20. The van der Waals surface area contributed by atoms with E-state index < -0.39 is 27.8 Å². The fourth-order valence-corrected chi connectivity index (χ4v) is 1.70. The fraction of sp³-hybridized carbons (Fsp3) is 0.222. The summed E-state index contributed by atoms with van der Waals surface area (Å²) in [6, 6.07) is 1.71. The lowest BCUT2D eigenvalue weighted by molar-refractivity contribution is 0.0526. The summed E-state index contributed by atoms with van der Waals surface area (Å²) >= 11 is 3.09. The van der Waals surface area contributed by atoms with Gasteiger partial charge in [0, 0.05) is 0 Å². The molecule has 88 valence electrons. The van der Waals surface area contributed by atoms with Crippen molar-refractivity contribution in [1.29, 1.82) is 0 Å². The summed E-state index contributed by atoms with van der Waals surface area (Å²) in [6.45, 7) is 1.73. The van der Waals surface area contributed by atoms with E-state index in [9.17, 15) is 13.4 Å². The van der Waals surface area contributed by atoms with Gasteiger partial charge >= 0.3 is 5.97 Å². The van der Waals surface area contributed by atoms with Crippen LogP contribution < -0.4 is 0 Å². The lowest BCUT2D eigenvalue weighted by Gasteiger charge is -2.06. The summed E-state index contributed by atoms with van der Waals surface area (Å²) in [7, 11) is 0.